The summed E-state index contributed by atoms with van der Waals surface area (Å²) in [6.45, 7) is 5.72. The van der Waals surface area contributed by atoms with Gasteiger partial charge in [0.05, 0.1) is 18.8 Å². The van der Waals surface area contributed by atoms with Crippen molar-refractivity contribution < 1.29 is 19.1 Å². The van der Waals surface area contributed by atoms with Gasteiger partial charge in [0, 0.05) is 5.57 Å². The van der Waals surface area contributed by atoms with Crippen molar-refractivity contribution in [3.05, 3.63) is 48.0 Å². The summed E-state index contributed by atoms with van der Waals surface area (Å²) in [5.74, 6) is -0.721. The molecule has 0 radical (unpaired) electrons. The van der Waals surface area contributed by atoms with Gasteiger partial charge in [0.1, 0.15) is 0 Å². The van der Waals surface area contributed by atoms with E-state index in [-0.39, 0.29) is 11.9 Å². The predicted octanol–water partition coefficient (Wildman–Crippen LogP) is 2.74. The highest BCUT2D eigenvalue weighted by Crippen LogP contribution is 2.02. The monoisotopic (exact) mass is 262 g/mol. The third kappa shape index (κ3) is 5.86. The molecule has 0 N–H and O–H groups in total. The lowest BCUT2D eigenvalue weighted by atomic mass is 10.2. The summed E-state index contributed by atoms with van der Waals surface area (Å²) in [5, 5.41) is 0. The third-order valence-corrected chi connectivity index (χ3v) is 2.36. The second kappa shape index (κ2) is 8.08. The zero-order valence-electron chi connectivity index (χ0n) is 11.1. The van der Waals surface area contributed by atoms with E-state index in [1.165, 1.54) is 0 Å². The Morgan fingerprint density at radius 3 is 2.21 bits per heavy atom. The van der Waals surface area contributed by atoms with Crippen LogP contribution in [-0.2, 0) is 14.3 Å². The van der Waals surface area contributed by atoms with E-state index in [1.807, 2.05) is 6.07 Å². The Morgan fingerprint density at radius 2 is 1.63 bits per heavy atom. The van der Waals surface area contributed by atoms with Gasteiger partial charge in [-0.25, -0.2) is 9.59 Å². The molecule has 102 valence electrons. The van der Waals surface area contributed by atoms with Gasteiger partial charge in [-0.15, -0.1) is 0 Å². The Bertz CT molecular complexity index is 437. The lowest BCUT2D eigenvalue weighted by Gasteiger charge is -2.05. The summed E-state index contributed by atoms with van der Waals surface area (Å²) in [5.41, 5.74) is 0.923. The number of ether oxygens (including phenoxy) is 2. The molecule has 0 bridgehead atoms. The number of hydrogen-bond acceptors (Lipinski definition) is 4. The van der Waals surface area contributed by atoms with Crippen molar-refractivity contribution in [1.82, 2.24) is 0 Å². The van der Waals surface area contributed by atoms with Gasteiger partial charge in [-0.05, 0) is 31.9 Å². The van der Waals surface area contributed by atoms with Crippen LogP contribution in [0.4, 0.5) is 0 Å². The molecule has 0 aliphatic rings. The maximum atomic E-state index is 11.6. The van der Waals surface area contributed by atoms with E-state index in [0.717, 1.165) is 0 Å². The van der Waals surface area contributed by atoms with E-state index in [0.29, 0.717) is 37.2 Å². The highest BCUT2D eigenvalue weighted by Gasteiger charge is 2.05. The zero-order valence-corrected chi connectivity index (χ0v) is 11.1. The van der Waals surface area contributed by atoms with Crippen molar-refractivity contribution in [2.24, 2.45) is 0 Å². The molecule has 0 amide bonds. The summed E-state index contributed by atoms with van der Waals surface area (Å²) in [6.07, 6.45) is 1.31. The molecule has 19 heavy (non-hydrogen) atoms. The number of esters is 2. The highest BCUT2D eigenvalue weighted by atomic mass is 16.5. The molecule has 4 heteroatoms. The van der Waals surface area contributed by atoms with Gasteiger partial charge in [0.2, 0.25) is 0 Å². The minimum Gasteiger partial charge on any atom is -0.462 e. The fraction of sp³-hybridized carbons (Fsp3) is 0.333. The molecular weight excluding hydrogens is 244 g/mol. The maximum Gasteiger partial charge on any atom is 0.338 e. The first-order valence-electron chi connectivity index (χ1n) is 6.16. The first kappa shape index (κ1) is 15.0. The van der Waals surface area contributed by atoms with Crippen molar-refractivity contribution in [3.8, 4) is 0 Å². The largest absolute Gasteiger partial charge is 0.462 e. The van der Waals surface area contributed by atoms with Gasteiger partial charge in [-0.1, -0.05) is 24.8 Å². The topological polar surface area (TPSA) is 52.6 Å². The predicted molar refractivity (Wildman–Crippen MR) is 71.7 cm³/mol. The molecule has 0 unspecified atom stereocenters. The summed E-state index contributed by atoms with van der Waals surface area (Å²) >= 11 is 0. The van der Waals surface area contributed by atoms with Gasteiger partial charge in [-0.2, -0.15) is 0 Å². The Kier molecular flexibility index (Phi) is 6.36. The molecule has 0 aromatic heterocycles. The smallest absolute Gasteiger partial charge is 0.338 e. The summed E-state index contributed by atoms with van der Waals surface area (Å²) in [6, 6.07) is 8.82. The molecule has 4 nitrogen and oxygen atoms in total. The fourth-order valence-corrected chi connectivity index (χ4v) is 1.31. The van der Waals surface area contributed by atoms with Crippen LogP contribution in [0.25, 0.3) is 0 Å². The van der Waals surface area contributed by atoms with Crippen molar-refractivity contribution in [1.29, 1.82) is 0 Å². The molecule has 0 fully saturated rings. The van der Waals surface area contributed by atoms with E-state index in [2.05, 4.69) is 6.58 Å². The second-order valence-corrected chi connectivity index (χ2v) is 4.13. The Balaban J connectivity index is 2.10. The Hall–Kier alpha value is -2.10. The van der Waals surface area contributed by atoms with Crippen LogP contribution in [0.15, 0.2) is 42.5 Å². The van der Waals surface area contributed by atoms with Crippen LogP contribution < -0.4 is 0 Å². The molecule has 0 aliphatic carbocycles. The molecule has 0 saturated heterocycles. The van der Waals surface area contributed by atoms with Gasteiger partial charge in [-0.3, -0.25) is 0 Å². The van der Waals surface area contributed by atoms with Crippen LogP contribution in [0.1, 0.15) is 30.1 Å². The molecular formula is C15H18O4. The van der Waals surface area contributed by atoms with Gasteiger partial charge in [0.25, 0.3) is 0 Å². The molecule has 0 heterocycles. The lowest BCUT2D eigenvalue weighted by molar-refractivity contribution is -0.139. The van der Waals surface area contributed by atoms with Gasteiger partial charge < -0.3 is 9.47 Å². The van der Waals surface area contributed by atoms with Crippen LogP contribution in [0.2, 0.25) is 0 Å². The fourth-order valence-electron chi connectivity index (χ4n) is 1.31. The first-order chi connectivity index (χ1) is 9.11. The van der Waals surface area contributed by atoms with Crippen molar-refractivity contribution in [3.63, 3.8) is 0 Å². The normalized spacial score (nSPS) is 9.74. The number of benzene rings is 1. The number of carbonyl (C=O) groups is 2. The van der Waals surface area contributed by atoms with Gasteiger partial charge in [0.15, 0.2) is 0 Å². The van der Waals surface area contributed by atoms with Crippen LogP contribution in [0.3, 0.4) is 0 Å². The standard InChI is InChI=1S/C15H18O4/c1-12(2)14(16)18-10-6-7-11-19-15(17)13-8-4-3-5-9-13/h3-5,8-9H,1,6-7,10-11H2,2H3. The molecule has 0 saturated carbocycles. The van der Waals surface area contributed by atoms with Crippen LogP contribution in [-0.4, -0.2) is 25.2 Å². The molecule has 0 atom stereocenters. The minimum atomic E-state index is -0.388. The van der Waals surface area contributed by atoms with E-state index in [1.54, 1.807) is 31.2 Å². The molecule has 1 rings (SSSR count). The molecule has 1 aromatic rings. The first-order valence-corrected chi connectivity index (χ1v) is 6.16. The van der Waals surface area contributed by atoms with Crippen LogP contribution in [0, 0.1) is 0 Å². The molecule has 1 aromatic carbocycles. The third-order valence-electron chi connectivity index (χ3n) is 2.36. The van der Waals surface area contributed by atoms with Crippen LogP contribution >= 0.6 is 0 Å². The van der Waals surface area contributed by atoms with Gasteiger partial charge >= 0.3 is 11.9 Å². The number of hydrogen-bond donors (Lipinski definition) is 0. The average molecular weight is 262 g/mol. The summed E-state index contributed by atoms with van der Waals surface area (Å²) in [4.78, 5) is 22.6. The van der Waals surface area contributed by atoms with E-state index in [9.17, 15) is 9.59 Å². The maximum absolute atomic E-state index is 11.6. The van der Waals surface area contributed by atoms with E-state index < -0.39 is 0 Å². The number of unbranched alkanes of at least 4 members (excludes halogenated alkanes) is 1. The van der Waals surface area contributed by atoms with Crippen molar-refractivity contribution >= 4 is 11.9 Å². The average Bonchev–Trinajstić information content (AvgIpc) is 2.42. The minimum absolute atomic E-state index is 0.314. The SMILES string of the molecule is C=C(C)C(=O)OCCCCOC(=O)c1ccccc1. The highest BCUT2D eigenvalue weighted by molar-refractivity contribution is 5.89. The Labute approximate surface area is 113 Å². The van der Waals surface area contributed by atoms with Crippen molar-refractivity contribution in [2.45, 2.75) is 19.8 Å². The molecule has 0 aliphatic heterocycles. The zero-order chi connectivity index (χ0) is 14.1. The Morgan fingerprint density at radius 1 is 1.05 bits per heavy atom. The lowest BCUT2D eigenvalue weighted by Crippen LogP contribution is -2.09. The second-order valence-electron chi connectivity index (χ2n) is 4.13. The van der Waals surface area contributed by atoms with E-state index >= 15 is 0 Å². The van der Waals surface area contributed by atoms with E-state index in [4.69, 9.17) is 9.47 Å². The number of rotatable bonds is 7. The van der Waals surface area contributed by atoms with Crippen LogP contribution in [0.5, 0.6) is 0 Å². The molecule has 0 spiro atoms. The summed E-state index contributed by atoms with van der Waals surface area (Å²) < 4.78 is 10.0. The quantitative estimate of drug-likeness (QED) is 0.431. The number of carbonyl (C=O) groups excluding carboxylic acids is 2. The summed E-state index contributed by atoms with van der Waals surface area (Å²) in [7, 11) is 0. The van der Waals surface area contributed by atoms with Crippen molar-refractivity contribution in [2.75, 3.05) is 13.2 Å².